The van der Waals surface area contributed by atoms with Crippen molar-refractivity contribution in [2.45, 2.75) is 39.7 Å². The molecule has 0 spiro atoms. The van der Waals surface area contributed by atoms with Crippen LogP contribution in [0.2, 0.25) is 0 Å². The summed E-state index contributed by atoms with van der Waals surface area (Å²) in [6.45, 7) is 6.35. The van der Waals surface area contributed by atoms with E-state index in [-0.39, 0.29) is 0 Å². The van der Waals surface area contributed by atoms with E-state index in [1.807, 2.05) is 13.1 Å². The summed E-state index contributed by atoms with van der Waals surface area (Å²) in [5, 5.41) is 9.48. The lowest BCUT2D eigenvalue weighted by Gasteiger charge is -2.39. The number of carboxylic acids is 1. The molecule has 1 saturated heterocycles. The average Bonchev–Trinajstić information content (AvgIpc) is 2.86. The Balaban J connectivity index is 2.23. The Hall–Kier alpha value is -1.52. The number of anilines is 1. The maximum absolute atomic E-state index is 11.5. The third kappa shape index (κ3) is 2.09. The highest BCUT2D eigenvalue weighted by atomic mass is 16.4. The van der Waals surface area contributed by atoms with Gasteiger partial charge in [0.25, 0.3) is 0 Å². The summed E-state index contributed by atoms with van der Waals surface area (Å²) in [5.74, 6) is 0.223. The maximum atomic E-state index is 11.5. The Labute approximate surface area is 107 Å². The van der Waals surface area contributed by atoms with E-state index < -0.39 is 11.4 Å². The van der Waals surface area contributed by atoms with Crippen LogP contribution in [0.15, 0.2) is 12.4 Å². The Morgan fingerprint density at radius 2 is 2.33 bits per heavy atom. The van der Waals surface area contributed by atoms with Crippen molar-refractivity contribution in [3.8, 4) is 0 Å². The number of aryl methyl sites for hydroxylation is 1. The number of aliphatic carboxylic acids is 1. The molecule has 5 heteroatoms. The first-order valence-corrected chi connectivity index (χ1v) is 6.62. The van der Waals surface area contributed by atoms with Crippen molar-refractivity contribution >= 4 is 11.9 Å². The van der Waals surface area contributed by atoms with Gasteiger partial charge in [-0.3, -0.25) is 4.79 Å². The number of rotatable bonds is 4. The number of hydrogen-bond donors (Lipinski definition) is 1. The first-order chi connectivity index (χ1) is 8.63. The average molecular weight is 251 g/mol. The summed E-state index contributed by atoms with van der Waals surface area (Å²) in [5.41, 5.74) is -0.608. The summed E-state index contributed by atoms with van der Waals surface area (Å²) in [4.78, 5) is 18.0. The van der Waals surface area contributed by atoms with Crippen LogP contribution >= 0.6 is 0 Å². The fraction of sp³-hybridized carbons (Fsp3) is 0.692. The van der Waals surface area contributed by atoms with Crippen LogP contribution in [-0.4, -0.2) is 33.7 Å². The number of nitrogens with zero attached hydrogens (tertiary/aromatic N) is 3. The predicted molar refractivity (Wildman–Crippen MR) is 69.7 cm³/mol. The molecule has 1 aromatic rings. The standard InChI is InChI=1S/C13H21N3O2/c1-3-13(11(17)18)6-5-8-16(10-13)12-14-7-9-15(12)4-2/h7,9H,3-6,8,10H2,1-2H3,(H,17,18). The van der Waals surface area contributed by atoms with Crippen molar-refractivity contribution in [1.29, 1.82) is 0 Å². The lowest BCUT2D eigenvalue weighted by molar-refractivity contribution is -0.149. The van der Waals surface area contributed by atoms with Crippen molar-refractivity contribution in [2.24, 2.45) is 5.41 Å². The minimum Gasteiger partial charge on any atom is -0.481 e. The lowest BCUT2D eigenvalue weighted by atomic mass is 9.78. The molecule has 1 aliphatic heterocycles. The molecule has 0 radical (unpaired) electrons. The second-order valence-electron chi connectivity index (χ2n) is 4.98. The minimum atomic E-state index is -0.677. The van der Waals surface area contributed by atoms with Gasteiger partial charge in [-0.1, -0.05) is 6.92 Å². The van der Waals surface area contributed by atoms with Crippen LogP contribution in [0.4, 0.5) is 5.95 Å². The Bertz CT molecular complexity index is 430. The molecule has 5 nitrogen and oxygen atoms in total. The molecule has 1 aliphatic rings. The molecular weight excluding hydrogens is 230 g/mol. The Morgan fingerprint density at radius 1 is 1.56 bits per heavy atom. The van der Waals surface area contributed by atoms with Gasteiger partial charge in [-0.2, -0.15) is 0 Å². The zero-order chi connectivity index (χ0) is 13.2. The summed E-state index contributed by atoms with van der Waals surface area (Å²) >= 11 is 0. The molecule has 1 aromatic heterocycles. The van der Waals surface area contributed by atoms with E-state index in [0.29, 0.717) is 13.0 Å². The highest BCUT2D eigenvalue weighted by molar-refractivity contribution is 5.75. The van der Waals surface area contributed by atoms with Gasteiger partial charge in [-0.05, 0) is 26.2 Å². The molecule has 2 heterocycles. The zero-order valence-corrected chi connectivity index (χ0v) is 11.1. The van der Waals surface area contributed by atoms with Crippen LogP contribution in [0.25, 0.3) is 0 Å². The second-order valence-corrected chi connectivity index (χ2v) is 4.98. The van der Waals surface area contributed by atoms with E-state index in [4.69, 9.17) is 0 Å². The molecule has 1 N–H and O–H groups in total. The molecule has 1 unspecified atom stereocenters. The van der Waals surface area contributed by atoms with Gasteiger partial charge in [0.1, 0.15) is 0 Å². The van der Waals surface area contributed by atoms with Gasteiger partial charge in [0.05, 0.1) is 5.41 Å². The van der Waals surface area contributed by atoms with Crippen molar-refractivity contribution in [1.82, 2.24) is 9.55 Å². The summed E-state index contributed by atoms with van der Waals surface area (Å²) in [7, 11) is 0. The van der Waals surface area contributed by atoms with Crippen molar-refractivity contribution in [3.05, 3.63) is 12.4 Å². The second kappa shape index (κ2) is 5.00. The third-order valence-electron chi connectivity index (χ3n) is 4.02. The van der Waals surface area contributed by atoms with Gasteiger partial charge in [0.2, 0.25) is 5.95 Å². The molecule has 2 rings (SSSR count). The zero-order valence-electron chi connectivity index (χ0n) is 11.1. The first-order valence-electron chi connectivity index (χ1n) is 6.62. The highest BCUT2D eigenvalue weighted by Gasteiger charge is 2.41. The predicted octanol–water partition coefficient (Wildman–Crippen LogP) is 1.98. The molecule has 18 heavy (non-hydrogen) atoms. The number of imidazole rings is 1. The first kappa shape index (κ1) is 12.9. The molecule has 0 amide bonds. The van der Waals surface area contributed by atoms with Gasteiger partial charge in [-0.25, -0.2) is 4.98 Å². The molecule has 0 saturated carbocycles. The van der Waals surface area contributed by atoms with Crippen LogP contribution < -0.4 is 4.90 Å². The fourth-order valence-electron chi connectivity index (χ4n) is 2.75. The molecule has 100 valence electrons. The smallest absolute Gasteiger partial charge is 0.311 e. The number of carboxylic acid groups (broad SMARTS) is 1. The molecule has 1 fully saturated rings. The lowest BCUT2D eigenvalue weighted by Crippen LogP contribution is -2.48. The summed E-state index contributed by atoms with van der Waals surface area (Å²) < 4.78 is 2.06. The monoisotopic (exact) mass is 251 g/mol. The van der Waals surface area contributed by atoms with Gasteiger partial charge in [0, 0.05) is 32.0 Å². The van der Waals surface area contributed by atoms with Crippen molar-refractivity contribution in [3.63, 3.8) is 0 Å². The van der Waals surface area contributed by atoms with E-state index in [9.17, 15) is 9.90 Å². The van der Waals surface area contributed by atoms with Crippen LogP contribution in [0, 0.1) is 5.41 Å². The Morgan fingerprint density at radius 3 is 2.94 bits per heavy atom. The van der Waals surface area contributed by atoms with Gasteiger partial charge in [-0.15, -0.1) is 0 Å². The van der Waals surface area contributed by atoms with Gasteiger partial charge >= 0.3 is 5.97 Å². The molecule has 1 atom stereocenters. The maximum Gasteiger partial charge on any atom is 0.311 e. The Kier molecular flexibility index (Phi) is 3.59. The van der Waals surface area contributed by atoms with Crippen LogP contribution in [-0.2, 0) is 11.3 Å². The number of aromatic nitrogens is 2. The van der Waals surface area contributed by atoms with Crippen molar-refractivity contribution in [2.75, 3.05) is 18.0 Å². The summed E-state index contributed by atoms with van der Waals surface area (Å²) in [6, 6.07) is 0. The third-order valence-corrected chi connectivity index (χ3v) is 4.02. The fourth-order valence-corrected chi connectivity index (χ4v) is 2.75. The topological polar surface area (TPSA) is 58.4 Å². The van der Waals surface area contributed by atoms with E-state index in [1.54, 1.807) is 6.20 Å². The largest absolute Gasteiger partial charge is 0.481 e. The van der Waals surface area contributed by atoms with Gasteiger partial charge < -0.3 is 14.6 Å². The number of carbonyl (C=O) groups is 1. The van der Waals surface area contributed by atoms with Crippen LogP contribution in [0.3, 0.4) is 0 Å². The van der Waals surface area contributed by atoms with E-state index in [0.717, 1.165) is 31.9 Å². The van der Waals surface area contributed by atoms with Gasteiger partial charge in [0.15, 0.2) is 0 Å². The molecule has 0 bridgehead atoms. The normalized spacial score (nSPS) is 24.2. The summed E-state index contributed by atoms with van der Waals surface area (Å²) in [6.07, 6.45) is 6.07. The molecular formula is C13H21N3O2. The van der Waals surface area contributed by atoms with Crippen LogP contribution in [0.1, 0.15) is 33.1 Å². The molecule has 0 aromatic carbocycles. The minimum absolute atomic E-state index is 0.565. The van der Waals surface area contributed by atoms with E-state index in [1.165, 1.54) is 0 Å². The highest BCUT2D eigenvalue weighted by Crippen LogP contribution is 2.35. The SMILES string of the molecule is CCn1ccnc1N1CCCC(CC)(C(=O)O)C1. The van der Waals surface area contributed by atoms with Crippen molar-refractivity contribution < 1.29 is 9.90 Å². The number of piperidine rings is 1. The molecule has 0 aliphatic carbocycles. The quantitative estimate of drug-likeness (QED) is 0.889. The number of hydrogen-bond acceptors (Lipinski definition) is 3. The van der Waals surface area contributed by atoms with Crippen LogP contribution in [0.5, 0.6) is 0 Å². The van der Waals surface area contributed by atoms with E-state index >= 15 is 0 Å². The van der Waals surface area contributed by atoms with E-state index in [2.05, 4.69) is 21.4 Å².